The van der Waals surface area contributed by atoms with Gasteiger partial charge in [-0.1, -0.05) is 94.7 Å². The Morgan fingerprint density at radius 1 is 0.982 bits per heavy atom. The van der Waals surface area contributed by atoms with Crippen molar-refractivity contribution >= 4 is 23.4 Å². The van der Waals surface area contributed by atoms with Gasteiger partial charge in [0.1, 0.15) is 17.1 Å². The van der Waals surface area contributed by atoms with Crippen molar-refractivity contribution in [1.82, 2.24) is 14.9 Å². The highest BCUT2D eigenvalue weighted by atomic mass is 19.1. The molecule has 0 aliphatic carbocycles. The van der Waals surface area contributed by atoms with Crippen LogP contribution in [0.2, 0.25) is 0 Å². The fourth-order valence-corrected chi connectivity index (χ4v) is 5.29. The molecule has 3 aromatic rings. The number of aromatic nitrogens is 2. The van der Waals surface area contributed by atoms with Crippen molar-refractivity contribution in [2.45, 2.75) is 97.9 Å². The van der Waals surface area contributed by atoms with Crippen molar-refractivity contribution < 1.29 is 23.8 Å². The van der Waals surface area contributed by atoms with Crippen molar-refractivity contribution in [3.8, 4) is 0 Å². The summed E-state index contributed by atoms with van der Waals surface area (Å²) in [5, 5.41) is 27.3. The Hall–Kier alpha value is -4.91. The molecule has 0 radical (unpaired) electrons. The maximum absolute atomic E-state index is 14.1. The zero-order chi connectivity index (χ0) is 41.4. The SMILES string of the molecule is C=C/C(=C\C=C(/CC)CCCCO)c1cccc(N(C(=O)c2cncc(F)c2)C(CC)CCCC/C=C/n2cc(F)ccc2=N)c1.CCC.CNCO.N=O. The number of benzene rings is 1. The van der Waals surface area contributed by atoms with Gasteiger partial charge in [-0.15, -0.1) is 0 Å². The predicted molar refractivity (Wildman–Crippen MR) is 221 cm³/mol. The Morgan fingerprint density at radius 2 is 1.69 bits per heavy atom. The summed E-state index contributed by atoms with van der Waals surface area (Å²) in [6.45, 7) is 12.7. The number of anilines is 1. The predicted octanol–water partition coefficient (Wildman–Crippen LogP) is 9.77. The first-order valence-electron chi connectivity index (χ1n) is 18.9. The van der Waals surface area contributed by atoms with E-state index in [0.717, 1.165) is 68.7 Å². The second kappa shape index (κ2) is 31.4. The van der Waals surface area contributed by atoms with E-state index in [1.54, 1.807) is 24.2 Å². The average molecular weight is 765 g/mol. The zero-order valence-electron chi connectivity index (χ0n) is 33.2. The summed E-state index contributed by atoms with van der Waals surface area (Å²) in [6.07, 6.45) is 21.9. The number of halogens is 2. The van der Waals surface area contributed by atoms with E-state index in [-0.39, 0.29) is 36.3 Å². The van der Waals surface area contributed by atoms with E-state index in [2.05, 4.69) is 49.3 Å². The molecule has 10 nitrogen and oxygen atoms in total. The van der Waals surface area contributed by atoms with Gasteiger partial charge >= 0.3 is 0 Å². The van der Waals surface area contributed by atoms with Gasteiger partial charge in [0.2, 0.25) is 0 Å². The highest BCUT2D eigenvalue weighted by molar-refractivity contribution is 6.06. The van der Waals surface area contributed by atoms with Crippen LogP contribution in [0.4, 0.5) is 14.5 Å². The molecule has 5 N–H and O–H groups in total. The molecule has 0 fully saturated rings. The molecule has 1 atom stereocenters. The molecular weight excluding hydrogens is 703 g/mol. The molecule has 0 aliphatic heterocycles. The average Bonchev–Trinajstić information content (AvgIpc) is 3.20. The van der Waals surface area contributed by atoms with E-state index in [9.17, 15) is 13.6 Å². The minimum Gasteiger partial charge on any atom is -0.396 e. The molecule has 2 aromatic heterocycles. The highest BCUT2D eigenvalue weighted by Crippen LogP contribution is 2.29. The number of hydrogen-bond acceptors (Lipinski definition) is 8. The minimum absolute atomic E-state index is 0.0694. The van der Waals surface area contributed by atoms with Crippen LogP contribution in [-0.4, -0.2) is 52.1 Å². The summed E-state index contributed by atoms with van der Waals surface area (Å²) in [4.78, 5) is 27.2. The van der Waals surface area contributed by atoms with E-state index in [1.807, 2.05) is 43.3 Å². The summed E-state index contributed by atoms with van der Waals surface area (Å²) in [5.74, 6) is -1.29. The number of amides is 1. The molecular formula is C43H62F2N6O4. The number of allylic oxidation sites excluding steroid dienone is 6. The van der Waals surface area contributed by atoms with Crippen LogP contribution < -0.4 is 15.7 Å². The molecule has 0 aliphatic rings. The van der Waals surface area contributed by atoms with Crippen LogP contribution in [-0.2, 0) is 0 Å². The molecule has 1 unspecified atom stereocenters. The summed E-state index contributed by atoms with van der Waals surface area (Å²) >= 11 is 0. The van der Waals surface area contributed by atoms with Crippen LogP contribution >= 0.6 is 0 Å². The van der Waals surface area contributed by atoms with Crippen LogP contribution in [0.25, 0.3) is 11.8 Å². The number of hydrogen-bond donors (Lipinski definition) is 5. The summed E-state index contributed by atoms with van der Waals surface area (Å²) in [6, 6.07) is 11.5. The second-order valence-corrected chi connectivity index (χ2v) is 12.4. The molecule has 302 valence electrons. The van der Waals surface area contributed by atoms with E-state index < -0.39 is 11.6 Å². The first kappa shape index (κ1) is 50.1. The van der Waals surface area contributed by atoms with Crippen LogP contribution in [0.3, 0.4) is 0 Å². The normalized spacial score (nSPS) is 11.7. The number of aliphatic hydroxyl groups is 2. The molecule has 0 spiro atoms. The zero-order valence-corrected chi connectivity index (χ0v) is 33.2. The standard InChI is InChI=1S/C38H46F2N4O2.C3H8.C2H7NO.HNO/c1-4-29(14-10-12-23-45)18-19-30(5-2)31-15-13-17-36(25-31)44(38(46)32-24-34(40)27-42-26-32)35(6-3)16-9-7-8-11-22-43-28-33(39)20-21-37(43)41;1-3-2;1-3-2-4;1-2/h5,11,13,15,17-22,24-28,35,41,45H,2,4,6-10,12,14,16,23H2,1,3H3;3H2,1-2H3;3-4H,2H2,1H3;1H/b22-11+,29-18+,30-19+,41-37?;;;. The smallest absolute Gasteiger partial charge is 0.260 e. The third-order valence-corrected chi connectivity index (χ3v) is 8.07. The van der Waals surface area contributed by atoms with Gasteiger partial charge in [0.25, 0.3) is 5.91 Å². The van der Waals surface area contributed by atoms with Gasteiger partial charge in [-0.05, 0) is 99.9 Å². The lowest BCUT2D eigenvalue weighted by molar-refractivity contribution is 0.0973. The highest BCUT2D eigenvalue weighted by Gasteiger charge is 2.26. The van der Waals surface area contributed by atoms with Gasteiger partial charge in [0.15, 0.2) is 0 Å². The third kappa shape index (κ3) is 19.8. The van der Waals surface area contributed by atoms with Crippen LogP contribution in [0.5, 0.6) is 0 Å². The quantitative estimate of drug-likeness (QED) is 0.0354. The van der Waals surface area contributed by atoms with Gasteiger partial charge < -0.3 is 19.7 Å². The lowest BCUT2D eigenvalue weighted by Crippen LogP contribution is -2.40. The van der Waals surface area contributed by atoms with Crippen LogP contribution in [0.1, 0.15) is 108 Å². The van der Waals surface area contributed by atoms with Gasteiger partial charge in [0.05, 0.1) is 18.5 Å². The first-order valence-corrected chi connectivity index (χ1v) is 18.9. The van der Waals surface area contributed by atoms with Gasteiger partial charge in [-0.25, -0.2) is 8.78 Å². The molecule has 2 heterocycles. The third-order valence-electron chi connectivity index (χ3n) is 8.07. The van der Waals surface area contributed by atoms with Crippen molar-refractivity contribution in [2.75, 3.05) is 25.3 Å². The summed E-state index contributed by atoms with van der Waals surface area (Å²) < 4.78 is 29.1. The van der Waals surface area contributed by atoms with Crippen molar-refractivity contribution in [3.63, 3.8) is 0 Å². The number of carbonyl (C=O) groups excluding carboxylic acids is 1. The lowest BCUT2D eigenvalue weighted by atomic mass is 9.99. The number of nitrogens with zero attached hydrogens (tertiary/aromatic N) is 3. The van der Waals surface area contributed by atoms with Crippen molar-refractivity contribution in [1.29, 1.82) is 11.0 Å². The number of carbonyl (C=O) groups is 1. The van der Waals surface area contributed by atoms with Crippen LogP contribution in [0, 0.1) is 27.5 Å². The van der Waals surface area contributed by atoms with E-state index >= 15 is 0 Å². The van der Waals surface area contributed by atoms with Gasteiger partial charge in [-0.3, -0.25) is 20.5 Å². The number of aliphatic hydroxyl groups excluding tert-OH is 2. The molecule has 0 saturated carbocycles. The van der Waals surface area contributed by atoms with Gasteiger partial charge in [-0.2, -0.15) is 4.91 Å². The molecule has 0 saturated heterocycles. The Labute approximate surface area is 326 Å². The second-order valence-electron chi connectivity index (χ2n) is 12.4. The number of nitroso groups, excluding NO2 is 1. The van der Waals surface area contributed by atoms with Crippen LogP contribution in [0.15, 0.2) is 97.5 Å². The van der Waals surface area contributed by atoms with Gasteiger partial charge in [0, 0.05) is 36.9 Å². The topological polar surface area (TPSA) is 155 Å². The molecule has 12 heteroatoms. The Morgan fingerprint density at radius 3 is 2.29 bits per heavy atom. The van der Waals surface area contributed by atoms with E-state index in [0.29, 0.717) is 12.1 Å². The minimum atomic E-state index is -0.569. The number of unbranched alkanes of at least 4 members (excludes halogenated alkanes) is 3. The molecule has 1 amide bonds. The van der Waals surface area contributed by atoms with Crippen molar-refractivity contribution in [3.05, 3.63) is 131 Å². The molecule has 55 heavy (non-hydrogen) atoms. The fraction of sp³-hybridized carbons (Fsp3) is 0.419. The van der Waals surface area contributed by atoms with Crippen molar-refractivity contribution in [2.24, 2.45) is 0 Å². The Kier molecular flexibility index (Phi) is 28.6. The summed E-state index contributed by atoms with van der Waals surface area (Å²) in [7, 11) is 1.68. The Balaban J connectivity index is 0.00000294. The molecule has 1 aromatic carbocycles. The number of nitrogens with one attached hydrogen (secondary N) is 3. The van der Waals surface area contributed by atoms with E-state index in [1.165, 1.54) is 47.2 Å². The Bertz CT molecular complexity index is 1670. The maximum atomic E-state index is 14.1. The number of pyridine rings is 2. The number of rotatable bonds is 19. The first-order chi connectivity index (χ1) is 26.6. The monoisotopic (exact) mass is 764 g/mol. The molecule has 3 rings (SSSR count). The largest absolute Gasteiger partial charge is 0.396 e. The lowest BCUT2D eigenvalue weighted by Gasteiger charge is -2.32. The van der Waals surface area contributed by atoms with E-state index in [4.69, 9.17) is 20.5 Å². The molecule has 0 bridgehead atoms. The maximum Gasteiger partial charge on any atom is 0.260 e. The summed E-state index contributed by atoms with van der Waals surface area (Å²) in [5.41, 5.74) is 8.70. The fourth-order valence-electron chi connectivity index (χ4n) is 5.29.